The Hall–Kier alpha value is -0.920. The largest absolute Gasteiger partial charge is 0.355 e. The summed E-state index contributed by atoms with van der Waals surface area (Å²) < 4.78 is 1.86. The van der Waals surface area contributed by atoms with Gasteiger partial charge < -0.3 is 5.32 Å². The van der Waals surface area contributed by atoms with Gasteiger partial charge in [0.25, 0.3) is 5.56 Å². The summed E-state index contributed by atoms with van der Waals surface area (Å²) >= 11 is 1.94. The zero-order valence-electron chi connectivity index (χ0n) is 8.58. The molecule has 0 bridgehead atoms. The van der Waals surface area contributed by atoms with Gasteiger partial charge in [0.2, 0.25) is 5.91 Å². The van der Waals surface area contributed by atoms with Crippen molar-refractivity contribution in [2.45, 2.75) is 20.4 Å². The monoisotopic (exact) mass is 321 g/mol. The lowest BCUT2D eigenvalue weighted by molar-refractivity contribution is -0.121. The highest BCUT2D eigenvalue weighted by molar-refractivity contribution is 14.1. The summed E-state index contributed by atoms with van der Waals surface area (Å²) in [5.74, 6) is -0.180. The average Bonchev–Trinajstić information content (AvgIpc) is 2.20. The SMILES string of the molecule is CCNC(=O)Cn1cnc(C)c(I)c1=O. The fraction of sp³-hybridized carbons (Fsp3) is 0.444. The van der Waals surface area contributed by atoms with Crippen molar-refractivity contribution in [1.82, 2.24) is 14.9 Å². The molecule has 0 fully saturated rings. The number of aryl methyl sites for hydroxylation is 1. The number of rotatable bonds is 3. The predicted molar refractivity (Wildman–Crippen MR) is 64.6 cm³/mol. The van der Waals surface area contributed by atoms with Crippen LogP contribution in [0, 0.1) is 10.5 Å². The van der Waals surface area contributed by atoms with Gasteiger partial charge in [-0.3, -0.25) is 14.2 Å². The maximum atomic E-state index is 11.7. The van der Waals surface area contributed by atoms with Gasteiger partial charge in [0.15, 0.2) is 0 Å². The van der Waals surface area contributed by atoms with Gasteiger partial charge in [-0.15, -0.1) is 0 Å². The summed E-state index contributed by atoms with van der Waals surface area (Å²) in [6, 6.07) is 0. The van der Waals surface area contributed by atoms with Crippen LogP contribution < -0.4 is 10.9 Å². The number of nitrogens with one attached hydrogen (secondary N) is 1. The molecule has 1 heterocycles. The van der Waals surface area contributed by atoms with Gasteiger partial charge in [0.1, 0.15) is 6.54 Å². The van der Waals surface area contributed by atoms with Crippen molar-refractivity contribution in [3.05, 3.63) is 25.9 Å². The van der Waals surface area contributed by atoms with E-state index in [4.69, 9.17) is 0 Å². The first-order valence-electron chi connectivity index (χ1n) is 4.54. The minimum atomic E-state index is -0.180. The summed E-state index contributed by atoms with van der Waals surface area (Å²) in [6.07, 6.45) is 1.40. The van der Waals surface area contributed by atoms with Gasteiger partial charge in [-0.05, 0) is 36.4 Å². The Kier molecular flexibility index (Phi) is 4.25. The van der Waals surface area contributed by atoms with Crippen molar-refractivity contribution in [3.63, 3.8) is 0 Å². The molecule has 0 unspecified atom stereocenters. The first-order valence-corrected chi connectivity index (χ1v) is 5.62. The third kappa shape index (κ3) is 3.01. The summed E-state index contributed by atoms with van der Waals surface area (Å²) in [6.45, 7) is 4.18. The molecular formula is C9H12IN3O2. The minimum Gasteiger partial charge on any atom is -0.355 e. The Balaban J connectivity index is 2.92. The fourth-order valence-electron chi connectivity index (χ4n) is 1.07. The summed E-state index contributed by atoms with van der Waals surface area (Å²) in [7, 11) is 0. The Morgan fingerprint density at radius 1 is 1.67 bits per heavy atom. The van der Waals surface area contributed by atoms with Gasteiger partial charge in [0, 0.05) is 6.54 Å². The van der Waals surface area contributed by atoms with E-state index in [9.17, 15) is 9.59 Å². The molecule has 0 aliphatic rings. The summed E-state index contributed by atoms with van der Waals surface area (Å²) in [5, 5.41) is 2.63. The van der Waals surface area contributed by atoms with Crippen LogP contribution in [-0.4, -0.2) is 22.0 Å². The van der Waals surface area contributed by atoms with E-state index in [-0.39, 0.29) is 18.0 Å². The fourth-order valence-corrected chi connectivity index (χ4v) is 1.52. The lowest BCUT2D eigenvalue weighted by Gasteiger charge is -2.06. The van der Waals surface area contributed by atoms with Gasteiger partial charge in [-0.2, -0.15) is 0 Å². The molecule has 0 spiro atoms. The standard InChI is InChI=1S/C9H12IN3O2/c1-3-11-7(14)4-13-5-12-6(2)8(10)9(13)15/h5H,3-4H2,1-2H3,(H,11,14). The number of halogens is 1. The van der Waals surface area contributed by atoms with E-state index in [1.165, 1.54) is 10.9 Å². The second kappa shape index (κ2) is 5.24. The van der Waals surface area contributed by atoms with E-state index in [0.29, 0.717) is 15.8 Å². The topological polar surface area (TPSA) is 64.0 Å². The molecule has 0 aromatic carbocycles. The highest BCUT2D eigenvalue weighted by Gasteiger charge is 2.07. The number of likely N-dealkylation sites (N-methyl/N-ethyl adjacent to an activating group) is 1. The van der Waals surface area contributed by atoms with Gasteiger partial charge in [-0.1, -0.05) is 0 Å². The van der Waals surface area contributed by atoms with E-state index in [1.807, 2.05) is 29.5 Å². The molecule has 15 heavy (non-hydrogen) atoms. The number of amides is 1. The van der Waals surface area contributed by atoms with Crippen molar-refractivity contribution < 1.29 is 4.79 Å². The molecule has 1 N–H and O–H groups in total. The smallest absolute Gasteiger partial charge is 0.267 e. The number of carbonyl (C=O) groups excluding carboxylic acids is 1. The second-order valence-corrected chi connectivity index (χ2v) is 4.11. The molecule has 0 aliphatic carbocycles. The molecule has 82 valence electrons. The Labute approximate surface area is 101 Å². The van der Waals surface area contributed by atoms with Gasteiger partial charge in [-0.25, -0.2) is 4.98 Å². The zero-order valence-corrected chi connectivity index (χ0v) is 10.7. The van der Waals surface area contributed by atoms with E-state index < -0.39 is 0 Å². The molecule has 1 aromatic rings. The Bertz CT molecular complexity index is 428. The van der Waals surface area contributed by atoms with Crippen LogP contribution >= 0.6 is 22.6 Å². The first kappa shape index (κ1) is 12.2. The van der Waals surface area contributed by atoms with Crippen LogP contribution in [0.3, 0.4) is 0 Å². The molecule has 1 rings (SSSR count). The Morgan fingerprint density at radius 3 is 2.93 bits per heavy atom. The molecule has 0 aliphatic heterocycles. The van der Waals surface area contributed by atoms with Crippen molar-refractivity contribution in [1.29, 1.82) is 0 Å². The summed E-state index contributed by atoms with van der Waals surface area (Å²) in [5.41, 5.74) is 0.516. The van der Waals surface area contributed by atoms with Crippen molar-refractivity contribution in [2.24, 2.45) is 0 Å². The number of aromatic nitrogens is 2. The second-order valence-electron chi connectivity index (χ2n) is 3.03. The maximum absolute atomic E-state index is 11.7. The highest BCUT2D eigenvalue weighted by Crippen LogP contribution is 2.00. The molecule has 0 radical (unpaired) electrons. The molecule has 1 amide bonds. The predicted octanol–water partition coefficient (Wildman–Crippen LogP) is 0.292. The average molecular weight is 321 g/mol. The lowest BCUT2D eigenvalue weighted by atomic mass is 10.4. The molecular weight excluding hydrogens is 309 g/mol. The number of hydrogen-bond donors (Lipinski definition) is 1. The first-order chi connectivity index (χ1) is 7.06. The van der Waals surface area contributed by atoms with Crippen molar-refractivity contribution in [2.75, 3.05) is 6.54 Å². The number of hydrogen-bond acceptors (Lipinski definition) is 3. The van der Waals surface area contributed by atoms with Crippen molar-refractivity contribution in [3.8, 4) is 0 Å². The normalized spacial score (nSPS) is 10.1. The van der Waals surface area contributed by atoms with E-state index >= 15 is 0 Å². The lowest BCUT2D eigenvalue weighted by Crippen LogP contribution is -2.33. The van der Waals surface area contributed by atoms with Gasteiger partial charge >= 0.3 is 0 Å². The van der Waals surface area contributed by atoms with Crippen LogP contribution in [0.15, 0.2) is 11.1 Å². The van der Waals surface area contributed by atoms with Crippen LogP contribution in [0.4, 0.5) is 0 Å². The van der Waals surface area contributed by atoms with Crippen molar-refractivity contribution >= 4 is 28.5 Å². The van der Waals surface area contributed by atoms with E-state index in [2.05, 4.69) is 10.3 Å². The molecule has 6 heteroatoms. The summed E-state index contributed by atoms with van der Waals surface area (Å²) in [4.78, 5) is 27.0. The zero-order chi connectivity index (χ0) is 11.4. The van der Waals surface area contributed by atoms with Crippen LogP contribution in [-0.2, 0) is 11.3 Å². The third-order valence-electron chi connectivity index (χ3n) is 1.84. The minimum absolute atomic E-state index is 0.0238. The van der Waals surface area contributed by atoms with E-state index in [0.717, 1.165) is 0 Å². The van der Waals surface area contributed by atoms with Crippen LogP contribution in [0.5, 0.6) is 0 Å². The number of nitrogens with zero attached hydrogens (tertiary/aromatic N) is 2. The number of carbonyl (C=O) groups is 1. The van der Waals surface area contributed by atoms with Crippen LogP contribution in [0.25, 0.3) is 0 Å². The maximum Gasteiger partial charge on any atom is 0.267 e. The van der Waals surface area contributed by atoms with E-state index in [1.54, 1.807) is 6.92 Å². The molecule has 5 nitrogen and oxygen atoms in total. The Morgan fingerprint density at radius 2 is 2.33 bits per heavy atom. The van der Waals surface area contributed by atoms with Gasteiger partial charge in [0.05, 0.1) is 15.6 Å². The molecule has 0 saturated heterocycles. The third-order valence-corrected chi connectivity index (χ3v) is 3.09. The molecule has 0 saturated carbocycles. The molecule has 0 atom stereocenters. The van der Waals surface area contributed by atoms with Crippen LogP contribution in [0.1, 0.15) is 12.6 Å². The highest BCUT2D eigenvalue weighted by atomic mass is 127. The molecule has 1 aromatic heterocycles. The van der Waals surface area contributed by atoms with Crippen LogP contribution in [0.2, 0.25) is 0 Å². The quantitative estimate of drug-likeness (QED) is 0.814.